The summed E-state index contributed by atoms with van der Waals surface area (Å²) in [6, 6.07) is 5.67. The predicted octanol–water partition coefficient (Wildman–Crippen LogP) is 4.15. The smallest absolute Gasteiger partial charge is 0.128 e. The third kappa shape index (κ3) is 1.94. The molecule has 2 aliphatic carbocycles. The first-order valence-corrected chi connectivity index (χ1v) is 6.85. The van der Waals surface area contributed by atoms with Crippen LogP contribution in [0.4, 0.5) is 10.1 Å². The first-order chi connectivity index (χ1) is 8.65. The van der Waals surface area contributed by atoms with Crippen LogP contribution in [0.2, 0.25) is 0 Å². The molecule has 0 spiro atoms. The second-order valence-corrected chi connectivity index (χ2v) is 5.79. The fourth-order valence-electron chi connectivity index (χ4n) is 3.51. The Hall–Kier alpha value is -1.31. The van der Waals surface area contributed by atoms with Crippen molar-refractivity contribution >= 4 is 5.69 Å². The topological polar surface area (TPSA) is 12.0 Å². The van der Waals surface area contributed by atoms with Crippen molar-refractivity contribution in [2.75, 3.05) is 5.32 Å². The second-order valence-electron chi connectivity index (χ2n) is 5.79. The summed E-state index contributed by atoms with van der Waals surface area (Å²) in [4.78, 5) is 0. The minimum absolute atomic E-state index is 0.125. The molecule has 18 heavy (non-hydrogen) atoms. The van der Waals surface area contributed by atoms with Crippen LogP contribution in [0, 0.1) is 30.5 Å². The molecule has 4 unspecified atom stereocenters. The fraction of sp³-hybridized carbons (Fsp3) is 0.500. The molecule has 1 aromatic carbocycles. The highest BCUT2D eigenvalue weighted by molar-refractivity contribution is 5.51. The van der Waals surface area contributed by atoms with Gasteiger partial charge >= 0.3 is 0 Å². The van der Waals surface area contributed by atoms with Gasteiger partial charge in [0, 0.05) is 17.3 Å². The second kappa shape index (κ2) is 4.42. The van der Waals surface area contributed by atoms with Crippen molar-refractivity contribution in [2.45, 2.75) is 32.7 Å². The van der Waals surface area contributed by atoms with E-state index in [1.807, 2.05) is 13.0 Å². The lowest BCUT2D eigenvalue weighted by atomic mass is 9.87. The molecule has 0 amide bonds. The summed E-state index contributed by atoms with van der Waals surface area (Å²) in [7, 11) is 0. The lowest BCUT2D eigenvalue weighted by Crippen LogP contribution is -2.29. The molecule has 0 aromatic heterocycles. The number of anilines is 1. The van der Waals surface area contributed by atoms with E-state index in [1.54, 1.807) is 6.07 Å². The number of halogens is 1. The zero-order valence-electron chi connectivity index (χ0n) is 11.0. The first kappa shape index (κ1) is 11.8. The molecular formula is C16H20FN. The summed E-state index contributed by atoms with van der Waals surface area (Å²) in [6.45, 7) is 4.06. The van der Waals surface area contributed by atoms with Gasteiger partial charge < -0.3 is 5.32 Å². The van der Waals surface area contributed by atoms with Crippen LogP contribution in [0.1, 0.15) is 25.3 Å². The van der Waals surface area contributed by atoms with Crippen molar-refractivity contribution in [3.05, 3.63) is 41.7 Å². The molecule has 2 aliphatic rings. The maximum atomic E-state index is 13.5. The molecule has 0 aliphatic heterocycles. The summed E-state index contributed by atoms with van der Waals surface area (Å²) in [5.74, 6) is 2.09. The summed E-state index contributed by atoms with van der Waals surface area (Å²) in [6.07, 6.45) is 7.33. The zero-order valence-corrected chi connectivity index (χ0v) is 11.0. The number of nitrogens with one attached hydrogen (secondary N) is 1. The van der Waals surface area contributed by atoms with Crippen LogP contribution in [0.3, 0.4) is 0 Å². The number of hydrogen-bond donors (Lipinski definition) is 1. The molecule has 0 saturated heterocycles. The Kier molecular flexibility index (Phi) is 2.89. The van der Waals surface area contributed by atoms with Crippen LogP contribution in [0.15, 0.2) is 30.4 Å². The van der Waals surface area contributed by atoms with Gasteiger partial charge in [-0.1, -0.05) is 18.2 Å². The molecular weight excluding hydrogens is 225 g/mol. The van der Waals surface area contributed by atoms with Crippen LogP contribution in [-0.4, -0.2) is 6.04 Å². The standard InChI is InChI=1S/C16H20FN/c1-10-15(17)4-3-5-16(10)18-11(2)14-9-12-6-7-13(14)8-12/h3-7,11-14,18H,8-9H2,1-2H3. The number of hydrogen-bond acceptors (Lipinski definition) is 1. The quantitative estimate of drug-likeness (QED) is 0.789. The van der Waals surface area contributed by atoms with E-state index in [4.69, 9.17) is 0 Å². The maximum Gasteiger partial charge on any atom is 0.128 e. The summed E-state index contributed by atoms with van der Waals surface area (Å²) in [5, 5.41) is 3.50. The van der Waals surface area contributed by atoms with Crippen LogP contribution < -0.4 is 5.32 Å². The molecule has 1 fully saturated rings. The van der Waals surface area contributed by atoms with E-state index in [1.165, 1.54) is 18.9 Å². The van der Waals surface area contributed by atoms with Crippen LogP contribution in [0.5, 0.6) is 0 Å². The summed E-state index contributed by atoms with van der Waals surface area (Å²) >= 11 is 0. The van der Waals surface area contributed by atoms with Gasteiger partial charge in [-0.25, -0.2) is 4.39 Å². The average molecular weight is 245 g/mol. The normalized spacial score (nSPS) is 30.7. The Morgan fingerprint density at radius 1 is 1.28 bits per heavy atom. The van der Waals surface area contributed by atoms with Crippen molar-refractivity contribution < 1.29 is 4.39 Å². The molecule has 2 heteroatoms. The number of allylic oxidation sites excluding steroid dienone is 2. The fourth-order valence-corrected chi connectivity index (χ4v) is 3.51. The molecule has 96 valence electrons. The molecule has 1 N–H and O–H groups in total. The Bertz CT molecular complexity index is 480. The number of benzene rings is 1. The molecule has 3 rings (SSSR count). The molecule has 1 nitrogen and oxygen atoms in total. The molecule has 2 bridgehead atoms. The van der Waals surface area contributed by atoms with Gasteiger partial charge in [0.1, 0.15) is 5.82 Å². The highest BCUT2D eigenvalue weighted by Crippen LogP contribution is 2.45. The van der Waals surface area contributed by atoms with E-state index in [0.717, 1.165) is 23.1 Å². The van der Waals surface area contributed by atoms with Crippen LogP contribution >= 0.6 is 0 Å². The average Bonchev–Trinajstić information content (AvgIpc) is 2.97. The van der Waals surface area contributed by atoms with Gasteiger partial charge in [-0.2, -0.15) is 0 Å². The first-order valence-electron chi connectivity index (χ1n) is 6.85. The van der Waals surface area contributed by atoms with Crippen molar-refractivity contribution in [1.29, 1.82) is 0 Å². The van der Waals surface area contributed by atoms with Gasteiger partial charge in [-0.15, -0.1) is 0 Å². The van der Waals surface area contributed by atoms with Crippen molar-refractivity contribution in [3.8, 4) is 0 Å². The van der Waals surface area contributed by atoms with Crippen molar-refractivity contribution in [3.63, 3.8) is 0 Å². The third-order valence-corrected chi connectivity index (χ3v) is 4.62. The van der Waals surface area contributed by atoms with E-state index >= 15 is 0 Å². The summed E-state index contributed by atoms with van der Waals surface area (Å²) in [5.41, 5.74) is 1.66. The lowest BCUT2D eigenvalue weighted by Gasteiger charge is -2.27. The van der Waals surface area contributed by atoms with E-state index in [0.29, 0.717) is 12.0 Å². The van der Waals surface area contributed by atoms with Crippen LogP contribution in [-0.2, 0) is 0 Å². The van der Waals surface area contributed by atoms with E-state index in [9.17, 15) is 4.39 Å². The number of fused-ring (bicyclic) bond motifs is 2. The SMILES string of the molecule is Cc1c(F)cccc1NC(C)C1CC2C=CC1C2. The zero-order chi connectivity index (χ0) is 12.7. The maximum absolute atomic E-state index is 13.5. The van der Waals surface area contributed by atoms with Gasteiger partial charge in [-0.05, 0) is 56.6 Å². The van der Waals surface area contributed by atoms with Gasteiger partial charge in [0.15, 0.2) is 0 Å². The Labute approximate surface area is 108 Å². The number of rotatable bonds is 3. The third-order valence-electron chi connectivity index (χ3n) is 4.62. The molecule has 0 radical (unpaired) electrons. The lowest BCUT2D eigenvalue weighted by molar-refractivity contribution is 0.399. The monoisotopic (exact) mass is 245 g/mol. The van der Waals surface area contributed by atoms with Gasteiger partial charge in [0.25, 0.3) is 0 Å². The van der Waals surface area contributed by atoms with Gasteiger partial charge in [0.2, 0.25) is 0 Å². The van der Waals surface area contributed by atoms with Gasteiger partial charge in [0.05, 0.1) is 0 Å². The molecule has 4 atom stereocenters. The predicted molar refractivity (Wildman–Crippen MR) is 73.1 cm³/mol. The Morgan fingerprint density at radius 2 is 2.11 bits per heavy atom. The van der Waals surface area contributed by atoms with Gasteiger partial charge in [-0.3, -0.25) is 0 Å². The van der Waals surface area contributed by atoms with Crippen LogP contribution in [0.25, 0.3) is 0 Å². The Morgan fingerprint density at radius 3 is 2.78 bits per heavy atom. The highest BCUT2D eigenvalue weighted by atomic mass is 19.1. The van der Waals surface area contributed by atoms with Crippen molar-refractivity contribution in [2.24, 2.45) is 17.8 Å². The highest BCUT2D eigenvalue weighted by Gasteiger charge is 2.38. The van der Waals surface area contributed by atoms with E-state index in [-0.39, 0.29) is 5.82 Å². The van der Waals surface area contributed by atoms with E-state index < -0.39 is 0 Å². The minimum Gasteiger partial charge on any atom is -0.382 e. The molecule has 1 aromatic rings. The molecule has 0 heterocycles. The Balaban J connectivity index is 1.73. The minimum atomic E-state index is -0.125. The summed E-state index contributed by atoms with van der Waals surface area (Å²) < 4.78 is 13.5. The largest absolute Gasteiger partial charge is 0.382 e. The van der Waals surface area contributed by atoms with E-state index in [2.05, 4.69) is 24.4 Å². The molecule has 1 saturated carbocycles. The van der Waals surface area contributed by atoms with Crippen molar-refractivity contribution in [1.82, 2.24) is 0 Å².